The van der Waals surface area contributed by atoms with Crippen molar-refractivity contribution in [2.75, 3.05) is 35.2 Å². The van der Waals surface area contributed by atoms with Gasteiger partial charge in [0.05, 0.1) is 11.1 Å². The third-order valence-corrected chi connectivity index (χ3v) is 7.94. The summed E-state index contributed by atoms with van der Waals surface area (Å²) in [6.07, 6.45) is 7.56. The monoisotopic (exact) mass is 548 g/mol. The number of carbonyl (C=O) groups is 3. The van der Waals surface area contributed by atoms with Gasteiger partial charge in [0, 0.05) is 60.8 Å². The van der Waals surface area contributed by atoms with Crippen LogP contribution in [0.1, 0.15) is 97.3 Å². The molecule has 1 aliphatic heterocycles. The molecule has 1 aromatic heterocycles. The molecule has 1 saturated carbocycles. The number of nitrogens with one attached hydrogen (secondary N) is 3. The van der Waals surface area contributed by atoms with Crippen LogP contribution in [0.5, 0.6) is 0 Å². The molecule has 2 fully saturated rings. The van der Waals surface area contributed by atoms with Crippen LogP contribution in [-0.4, -0.2) is 54.3 Å². The Hall–Kier alpha value is -3.62. The molecule has 2 amide bonds. The lowest BCUT2D eigenvalue weighted by Gasteiger charge is -2.35. The Labute approximate surface area is 237 Å². The maximum Gasteiger partial charge on any atom is 0.253 e. The van der Waals surface area contributed by atoms with Crippen molar-refractivity contribution in [1.82, 2.24) is 10.3 Å². The van der Waals surface area contributed by atoms with Crippen LogP contribution in [0.4, 0.5) is 17.2 Å². The first-order valence-corrected chi connectivity index (χ1v) is 14.7. The number of aromatic nitrogens is 1. The van der Waals surface area contributed by atoms with E-state index in [4.69, 9.17) is 5.73 Å². The van der Waals surface area contributed by atoms with Crippen molar-refractivity contribution in [1.29, 1.82) is 0 Å². The van der Waals surface area contributed by atoms with Gasteiger partial charge in [-0.2, -0.15) is 0 Å². The van der Waals surface area contributed by atoms with Crippen LogP contribution in [0, 0.1) is 11.8 Å². The maximum atomic E-state index is 13.5. The molecule has 1 aliphatic carbocycles. The first-order valence-electron chi connectivity index (χ1n) is 14.7. The summed E-state index contributed by atoms with van der Waals surface area (Å²) in [6.45, 7) is 10.5. The lowest BCUT2D eigenvalue weighted by molar-refractivity contribution is 0.0931. The van der Waals surface area contributed by atoms with Crippen molar-refractivity contribution in [3.63, 3.8) is 0 Å². The predicted octanol–water partition coefficient (Wildman–Crippen LogP) is 4.84. The molecule has 0 radical (unpaired) electrons. The first kappa shape index (κ1) is 29.4. The second-order valence-electron chi connectivity index (χ2n) is 11.4. The fraction of sp³-hybridized carbons (Fsp3) is 0.548. The minimum atomic E-state index is -0.536. The number of pyridine rings is 1. The number of amides is 2. The van der Waals surface area contributed by atoms with Crippen LogP contribution < -0.4 is 26.6 Å². The zero-order valence-electron chi connectivity index (χ0n) is 24.3. The molecule has 0 bridgehead atoms. The van der Waals surface area contributed by atoms with Gasteiger partial charge >= 0.3 is 0 Å². The van der Waals surface area contributed by atoms with Crippen molar-refractivity contribution >= 4 is 34.8 Å². The van der Waals surface area contributed by atoms with E-state index in [2.05, 4.69) is 32.8 Å². The molecule has 0 spiro atoms. The number of nitrogens with two attached hydrogens (primary N) is 1. The Morgan fingerprint density at radius 3 is 2.42 bits per heavy atom. The van der Waals surface area contributed by atoms with Crippen LogP contribution in [0.25, 0.3) is 0 Å². The van der Waals surface area contributed by atoms with Gasteiger partial charge in [-0.25, -0.2) is 4.98 Å². The lowest BCUT2D eigenvalue weighted by atomic mass is 9.91. The number of ketones is 1. The van der Waals surface area contributed by atoms with E-state index in [1.54, 1.807) is 18.3 Å². The standard InChI is InChI=1S/C31H44N6O3/c1-5-19(3)35-27-16-25(26(33-6-2)15-24(27)30(32)39)31(40)36-20(4)14-21-8-7-13-37(18-21)28-12-11-23(17-34-28)29(38)22-9-10-22/h11-12,15-17,19-22,33,35H,5-10,13-14,18H2,1-4H3,(H2,32,39)(H,36,40)/t19-,20?,21?/m1/s1. The number of hydrogen-bond acceptors (Lipinski definition) is 7. The molecular formula is C31H44N6O3. The molecule has 216 valence electrons. The summed E-state index contributed by atoms with van der Waals surface area (Å²) in [5, 5.41) is 9.72. The molecule has 5 N–H and O–H groups in total. The predicted molar refractivity (Wildman–Crippen MR) is 160 cm³/mol. The molecule has 1 aromatic carbocycles. The lowest BCUT2D eigenvalue weighted by Crippen LogP contribution is -2.40. The number of hydrogen-bond donors (Lipinski definition) is 4. The van der Waals surface area contributed by atoms with Crippen LogP contribution in [0.2, 0.25) is 0 Å². The van der Waals surface area contributed by atoms with E-state index in [1.165, 1.54) is 0 Å². The van der Waals surface area contributed by atoms with E-state index in [0.29, 0.717) is 40.5 Å². The van der Waals surface area contributed by atoms with Crippen molar-refractivity contribution in [3.05, 3.63) is 47.2 Å². The van der Waals surface area contributed by atoms with Crippen LogP contribution in [0.3, 0.4) is 0 Å². The average Bonchev–Trinajstić information content (AvgIpc) is 3.79. The van der Waals surface area contributed by atoms with Gasteiger partial charge in [0.1, 0.15) is 5.82 Å². The van der Waals surface area contributed by atoms with Gasteiger partial charge in [-0.1, -0.05) is 6.92 Å². The highest BCUT2D eigenvalue weighted by atomic mass is 16.2. The highest BCUT2D eigenvalue weighted by Gasteiger charge is 2.31. The van der Waals surface area contributed by atoms with E-state index < -0.39 is 5.91 Å². The zero-order valence-corrected chi connectivity index (χ0v) is 24.3. The highest BCUT2D eigenvalue weighted by molar-refractivity contribution is 6.06. The summed E-state index contributed by atoms with van der Waals surface area (Å²) < 4.78 is 0. The van der Waals surface area contributed by atoms with E-state index in [0.717, 1.165) is 57.4 Å². The molecule has 40 heavy (non-hydrogen) atoms. The number of benzene rings is 1. The van der Waals surface area contributed by atoms with Crippen molar-refractivity contribution < 1.29 is 14.4 Å². The highest BCUT2D eigenvalue weighted by Crippen LogP contribution is 2.33. The zero-order chi connectivity index (χ0) is 28.8. The summed E-state index contributed by atoms with van der Waals surface area (Å²) in [5.41, 5.74) is 8.38. The maximum absolute atomic E-state index is 13.5. The van der Waals surface area contributed by atoms with Crippen LogP contribution >= 0.6 is 0 Å². The topological polar surface area (TPSA) is 129 Å². The number of rotatable bonds is 13. The Bertz CT molecular complexity index is 1210. The third kappa shape index (κ3) is 7.31. The van der Waals surface area contributed by atoms with E-state index in [9.17, 15) is 14.4 Å². The molecule has 9 heteroatoms. The Morgan fingerprint density at radius 1 is 1.05 bits per heavy atom. The van der Waals surface area contributed by atoms with Gasteiger partial charge in [-0.3, -0.25) is 14.4 Å². The summed E-state index contributed by atoms with van der Waals surface area (Å²) in [4.78, 5) is 44.8. The molecule has 1 saturated heterocycles. The number of nitrogens with zero attached hydrogens (tertiary/aromatic N) is 2. The number of anilines is 3. The van der Waals surface area contributed by atoms with Gasteiger partial charge in [0.2, 0.25) is 0 Å². The van der Waals surface area contributed by atoms with Crippen molar-refractivity contribution in [2.24, 2.45) is 17.6 Å². The van der Waals surface area contributed by atoms with E-state index >= 15 is 0 Å². The van der Waals surface area contributed by atoms with Crippen LogP contribution in [-0.2, 0) is 0 Å². The third-order valence-electron chi connectivity index (χ3n) is 7.94. The van der Waals surface area contributed by atoms with Gasteiger partial charge < -0.3 is 26.6 Å². The second kappa shape index (κ2) is 13.2. The summed E-state index contributed by atoms with van der Waals surface area (Å²) >= 11 is 0. The normalized spacial score (nSPS) is 18.5. The Kier molecular flexibility index (Phi) is 9.66. The largest absolute Gasteiger partial charge is 0.385 e. The molecule has 2 heterocycles. The number of primary amides is 1. The minimum absolute atomic E-state index is 0.0415. The molecular weight excluding hydrogens is 504 g/mol. The van der Waals surface area contributed by atoms with E-state index in [1.807, 2.05) is 32.9 Å². The molecule has 3 atom stereocenters. The summed E-state index contributed by atoms with van der Waals surface area (Å²) in [7, 11) is 0. The average molecular weight is 549 g/mol. The molecule has 2 aromatic rings. The van der Waals surface area contributed by atoms with Gasteiger partial charge in [0.25, 0.3) is 11.8 Å². The van der Waals surface area contributed by atoms with Gasteiger partial charge in [0.15, 0.2) is 5.78 Å². The molecule has 2 aliphatic rings. The summed E-state index contributed by atoms with van der Waals surface area (Å²) in [6, 6.07) is 7.36. The number of carbonyl (C=O) groups excluding carboxylic acids is 3. The fourth-order valence-electron chi connectivity index (χ4n) is 5.44. The second-order valence-corrected chi connectivity index (χ2v) is 11.4. The van der Waals surface area contributed by atoms with E-state index in [-0.39, 0.29) is 29.7 Å². The smallest absolute Gasteiger partial charge is 0.253 e. The number of piperidine rings is 1. The summed E-state index contributed by atoms with van der Waals surface area (Å²) in [5.74, 6) is 1.00. The Morgan fingerprint density at radius 2 is 1.80 bits per heavy atom. The number of Topliss-reactive ketones (excluding diaryl/α,β-unsaturated/α-hetero) is 1. The van der Waals surface area contributed by atoms with Crippen molar-refractivity contribution in [2.45, 2.75) is 78.3 Å². The van der Waals surface area contributed by atoms with Crippen LogP contribution in [0.15, 0.2) is 30.5 Å². The Balaban J connectivity index is 1.41. The van der Waals surface area contributed by atoms with Gasteiger partial charge in [-0.05, 0) is 89.5 Å². The molecule has 9 nitrogen and oxygen atoms in total. The first-order chi connectivity index (χ1) is 19.2. The fourth-order valence-corrected chi connectivity index (χ4v) is 5.44. The van der Waals surface area contributed by atoms with Crippen molar-refractivity contribution in [3.8, 4) is 0 Å². The SMILES string of the molecule is CCNc1cc(C(N)=O)c(N[C@H](C)CC)cc1C(=O)NC(C)CC1CCCN(c2ccc(C(=O)C3CC3)cn2)C1. The quantitative estimate of drug-likeness (QED) is 0.264. The molecule has 4 rings (SSSR count). The van der Waals surface area contributed by atoms with Gasteiger partial charge in [-0.15, -0.1) is 0 Å². The minimum Gasteiger partial charge on any atom is -0.385 e. The molecule has 2 unspecified atom stereocenters.